The number of nitrogens with zero attached hydrogens (tertiary/aromatic N) is 3. The number of fused-ring (bicyclic) bond motifs is 1. The van der Waals surface area contributed by atoms with Gasteiger partial charge in [-0.3, -0.25) is 4.79 Å². The predicted octanol–water partition coefficient (Wildman–Crippen LogP) is 3.58. The van der Waals surface area contributed by atoms with Crippen LogP contribution in [0.2, 0.25) is 0 Å². The van der Waals surface area contributed by atoms with Gasteiger partial charge in [0.2, 0.25) is 0 Å². The Morgan fingerprint density at radius 2 is 1.92 bits per heavy atom. The standard InChI is InChI=1S/C20H21N3O2S/c1-14-6-7-17-18(12-14)26-20(21-17)23-10-8-22(9-11-23)19(24)15-4-3-5-16(13-15)25-2/h3-7,12-13H,8-11H2,1-2H3. The highest BCUT2D eigenvalue weighted by molar-refractivity contribution is 7.22. The maximum atomic E-state index is 12.7. The minimum Gasteiger partial charge on any atom is -0.497 e. The molecule has 4 rings (SSSR count). The van der Waals surface area contributed by atoms with Gasteiger partial charge in [0, 0.05) is 31.7 Å². The lowest BCUT2D eigenvalue weighted by molar-refractivity contribution is 0.0746. The third-order valence-electron chi connectivity index (χ3n) is 4.69. The highest BCUT2D eigenvalue weighted by atomic mass is 32.1. The van der Waals surface area contributed by atoms with Crippen molar-refractivity contribution in [3.8, 4) is 5.75 Å². The third-order valence-corrected chi connectivity index (χ3v) is 5.77. The zero-order valence-corrected chi connectivity index (χ0v) is 15.8. The summed E-state index contributed by atoms with van der Waals surface area (Å²) in [6.07, 6.45) is 0. The van der Waals surface area contributed by atoms with Crippen LogP contribution in [0.4, 0.5) is 5.13 Å². The number of aryl methyl sites for hydroxylation is 1. The van der Waals surface area contributed by atoms with E-state index in [0.717, 1.165) is 23.7 Å². The average molecular weight is 367 g/mol. The molecule has 0 radical (unpaired) electrons. The fourth-order valence-electron chi connectivity index (χ4n) is 3.19. The Labute approximate surface area is 156 Å². The number of ether oxygens (including phenoxy) is 1. The topological polar surface area (TPSA) is 45.7 Å². The molecule has 2 aromatic carbocycles. The quantitative estimate of drug-likeness (QED) is 0.710. The second-order valence-corrected chi connectivity index (χ2v) is 7.49. The van der Waals surface area contributed by atoms with E-state index in [9.17, 15) is 4.79 Å². The van der Waals surface area contributed by atoms with Crippen LogP contribution in [0.3, 0.4) is 0 Å². The van der Waals surface area contributed by atoms with E-state index in [1.54, 1.807) is 24.5 Å². The minimum absolute atomic E-state index is 0.0588. The summed E-state index contributed by atoms with van der Waals surface area (Å²) < 4.78 is 6.44. The lowest BCUT2D eigenvalue weighted by atomic mass is 10.1. The highest BCUT2D eigenvalue weighted by Gasteiger charge is 2.24. The summed E-state index contributed by atoms with van der Waals surface area (Å²) in [5, 5.41) is 1.04. The Hall–Kier alpha value is -2.60. The molecule has 0 unspecified atom stereocenters. The molecule has 1 aromatic heterocycles. The number of methoxy groups -OCH3 is 1. The molecule has 0 saturated carbocycles. The first-order valence-corrected chi connectivity index (χ1v) is 9.51. The Kier molecular flexibility index (Phi) is 4.51. The van der Waals surface area contributed by atoms with Crippen molar-refractivity contribution in [1.29, 1.82) is 0 Å². The van der Waals surface area contributed by atoms with Gasteiger partial charge < -0.3 is 14.5 Å². The zero-order chi connectivity index (χ0) is 18.1. The third kappa shape index (κ3) is 3.24. The molecule has 1 aliphatic rings. The van der Waals surface area contributed by atoms with Gasteiger partial charge in [0.1, 0.15) is 5.75 Å². The number of carbonyl (C=O) groups excluding carboxylic acids is 1. The fourth-order valence-corrected chi connectivity index (χ4v) is 4.31. The second kappa shape index (κ2) is 6.96. The molecule has 134 valence electrons. The summed E-state index contributed by atoms with van der Waals surface area (Å²) in [5.74, 6) is 0.766. The van der Waals surface area contributed by atoms with Gasteiger partial charge in [0.25, 0.3) is 5.91 Å². The highest BCUT2D eigenvalue weighted by Crippen LogP contribution is 2.30. The van der Waals surface area contributed by atoms with Crippen LogP contribution in [-0.2, 0) is 0 Å². The van der Waals surface area contributed by atoms with E-state index >= 15 is 0 Å². The fraction of sp³-hybridized carbons (Fsp3) is 0.300. The number of thiazole rings is 1. The number of piperazine rings is 1. The van der Waals surface area contributed by atoms with Crippen LogP contribution in [0.15, 0.2) is 42.5 Å². The zero-order valence-electron chi connectivity index (χ0n) is 14.9. The van der Waals surface area contributed by atoms with Crippen LogP contribution >= 0.6 is 11.3 Å². The van der Waals surface area contributed by atoms with Crippen LogP contribution in [0.1, 0.15) is 15.9 Å². The predicted molar refractivity (Wildman–Crippen MR) is 105 cm³/mol. The van der Waals surface area contributed by atoms with Gasteiger partial charge in [0.15, 0.2) is 5.13 Å². The number of amides is 1. The van der Waals surface area contributed by atoms with Crippen LogP contribution in [-0.4, -0.2) is 49.1 Å². The van der Waals surface area contributed by atoms with Crippen molar-refractivity contribution >= 4 is 32.6 Å². The number of aromatic nitrogens is 1. The Morgan fingerprint density at radius 3 is 2.69 bits per heavy atom. The number of anilines is 1. The summed E-state index contributed by atoms with van der Waals surface area (Å²) in [7, 11) is 1.61. The number of rotatable bonds is 3. The average Bonchev–Trinajstić information content (AvgIpc) is 3.10. The lowest BCUT2D eigenvalue weighted by Gasteiger charge is -2.34. The molecule has 0 aliphatic carbocycles. The van der Waals surface area contributed by atoms with E-state index in [4.69, 9.17) is 9.72 Å². The van der Waals surface area contributed by atoms with Crippen molar-refractivity contribution in [3.63, 3.8) is 0 Å². The van der Waals surface area contributed by atoms with Gasteiger partial charge in [-0.15, -0.1) is 0 Å². The van der Waals surface area contributed by atoms with Gasteiger partial charge in [-0.1, -0.05) is 23.5 Å². The molecule has 0 atom stereocenters. The normalized spacial score (nSPS) is 14.7. The molecule has 1 fully saturated rings. The molecular weight excluding hydrogens is 346 g/mol. The molecule has 0 spiro atoms. The van der Waals surface area contributed by atoms with Crippen molar-refractivity contribution in [1.82, 2.24) is 9.88 Å². The van der Waals surface area contributed by atoms with Gasteiger partial charge >= 0.3 is 0 Å². The Bertz CT molecular complexity index is 945. The maximum Gasteiger partial charge on any atom is 0.254 e. The summed E-state index contributed by atoms with van der Waals surface area (Å²) in [5.41, 5.74) is 2.97. The first-order chi connectivity index (χ1) is 12.6. The van der Waals surface area contributed by atoms with E-state index in [1.165, 1.54) is 10.3 Å². The summed E-state index contributed by atoms with van der Waals surface area (Å²) in [4.78, 5) is 21.7. The number of benzene rings is 2. The first-order valence-electron chi connectivity index (χ1n) is 8.69. The molecule has 26 heavy (non-hydrogen) atoms. The monoisotopic (exact) mass is 367 g/mol. The largest absolute Gasteiger partial charge is 0.497 e. The Morgan fingerprint density at radius 1 is 1.12 bits per heavy atom. The number of hydrogen-bond donors (Lipinski definition) is 0. The van der Waals surface area contributed by atoms with E-state index in [-0.39, 0.29) is 5.91 Å². The molecule has 3 aromatic rings. The van der Waals surface area contributed by atoms with E-state index in [2.05, 4.69) is 30.0 Å². The van der Waals surface area contributed by atoms with Crippen molar-refractivity contribution in [3.05, 3.63) is 53.6 Å². The van der Waals surface area contributed by atoms with E-state index in [0.29, 0.717) is 24.4 Å². The number of hydrogen-bond acceptors (Lipinski definition) is 5. The molecule has 6 heteroatoms. The van der Waals surface area contributed by atoms with Crippen LogP contribution in [0.5, 0.6) is 5.75 Å². The summed E-state index contributed by atoms with van der Waals surface area (Å²) >= 11 is 1.72. The molecule has 1 amide bonds. The molecule has 1 saturated heterocycles. The van der Waals surface area contributed by atoms with Crippen LogP contribution < -0.4 is 9.64 Å². The lowest BCUT2D eigenvalue weighted by Crippen LogP contribution is -2.48. The number of carbonyl (C=O) groups is 1. The molecule has 1 aliphatic heterocycles. The molecular formula is C20H21N3O2S. The van der Waals surface area contributed by atoms with Gasteiger partial charge in [-0.25, -0.2) is 4.98 Å². The van der Waals surface area contributed by atoms with Gasteiger partial charge in [-0.2, -0.15) is 0 Å². The van der Waals surface area contributed by atoms with Crippen molar-refractivity contribution < 1.29 is 9.53 Å². The SMILES string of the molecule is COc1cccc(C(=O)N2CCN(c3nc4ccc(C)cc4s3)CC2)c1. The second-order valence-electron chi connectivity index (χ2n) is 6.48. The smallest absolute Gasteiger partial charge is 0.254 e. The first kappa shape index (κ1) is 16.8. The summed E-state index contributed by atoms with van der Waals surface area (Å²) in [6, 6.07) is 13.7. The van der Waals surface area contributed by atoms with E-state index < -0.39 is 0 Å². The molecule has 5 nitrogen and oxygen atoms in total. The van der Waals surface area contributed by atoms with Gasteiger partial charge in [0.05, 0.1) is 17.3 Å². The van der Waals surface area contributed by atoms with E-state index in [1.807, 2.05) is 23.1 Å². The molecule has 2 heterocycles. The molecule has 0 N–H and O–H groups in total. The van der Waals surface area contributed by atoms with Crippen molar-refractivity contribution in [2.45, 2.75) is 6.92 Å². The molecule has 0 bridgehead atoms. The maximum absolute atomic E-state index is 12.7. The minimum atomic E-state index is 0.0588. The van der Waals surface area contributed by atoms with Crippen molar-refractivity contribution in [2.75, 3.05) is 38.2 Å². The van der Waals surface area contributed by atoms with Crippen LogP contribution in [0, 0.1) is 6.92 Å². The van der Waals surface area contributed by atoms with Crippen LogP contribution in [0.25, 0.3) is 10.2 Å². The van der Waals surface area contributed by atoms with Gasteiger partial charge in [-0.05, 0) is 42.8 Å². The summed E-state index contributed by atoms with van der Waals surface area (Å²) in [6.45, 7) is 5.10. The Balaban J connectivity index is 1.45. The van der Waals surface area contributed by atoms with Crippen molar-refractivity contribution in [2.24, 2.45) is 0 Å².